The van der Waals surface area contributed by atoms with Crippen LogP contribution in [0, 0.1) is 11.3 Å². The van der Waals surface area contributed by atoms with Crippen molar-refractivity contribution >= 4 is 39.4 Å². The number of halogens is 1. The monoisotopic (exact) mass is 577 g/mol. The molecule has 0 aliphatic heterocycles. The number of carbonyl (C=O) groups excluding carboxylic acids is 2. The van der Waals surface area contributed by atoms with Crippen molar-refractivity contribution < 1.29 is 22.7 Å². The minimum absolute atomic E-state index is 0.0651. The number of amides is 2. The van der Waals surface area contributed by atoms with Gasteiger partial charge in [0.15, 0.2) is 5.82 Å². The number of para-hydroxylation sites is 1. The lowest BCUT2D eigenvalue weighted by molar-refractivity contribution is -0.143. The van der Waals surface area contributed by atoms with Gasteiger partial charge in [-0.15, -0.1) is 0 Å². The zero-order valence-electron chi connectivity index (χ0n) is 21.1. The van der Waals surface area contributed by atoms with Crippen LogP contribution in [0.2, 0.25) is 5.02 Å². The normalized spacial score (nSPS) is 10.9. The first-order chi connectivity index (χ1) is 19.3. The third-order valence-electron chi connectivity index (χ3n) is 5.68. The van der Waals surface area contributed by atoms with Crippen molar-refractivity contribution in [2.75, 3.05) is 11.9 Å². The van der Waals surface area contributed by atoms with Crippen LogP contribution in [0.5, 0.6) is 0 Å². The van der Waals surface area contributed by atoms with Gasteiger partial charge in [0, 0.05) is 5.02 Å². The van der Waals surface area contributed by atoms with Gasteiger partial charge in [-0.1, -0.05) is 60.1 Å². The van der Waals surface area contributed by atoms with Crippen molar-refractivity contribution in [2.24, 2.45) is 0 Å². The number of hydrogen-bond acceptors (Lipinski definition) is 7. The standard InChI is InChI=1S/C28H24ClN5O5S/c29-21-13-15-23(16-14-21)40(37,38)33-28(36)31-27-24(19-30)25(32-34(27)22-11-5-2-6-12-22)18-26(35)39-17-7-10-20-8-3-1-4-9-20/h1-6,8-9,11-16H,7,10,17-18H2,(H2,31,33,36). The first-order valence-corrected chi connectivity index (χ1v) is 14.0. The number of benzene rings is 3. The molecule has 0 unspecified atom stereocenters. The second-order valence-corrected chi connectivity index (χ2v) is 10.6. The Kier molecular flexibility index (Phi) is 9.16. The first-order valence-electron chi connectivity index (χ1n) is 12.1. The number of ether oxygens (including phenoxy) is 1. The Labute approximate surface area is 236 Å². The van der Waals surface area contributed by atoms with Gasteiger partial charge in [0.25, 0.3) is 10.0 Å². The number of aromatic nitrogens is 2. The molecule has 10 nitrogen and oxygen atoms in total. The van der Waals surface area contributed by atoms with E-state index in [4.69, 9.17) is 16.3 Å². The maximum Gasteiger partial charge on any atom is 0.334 e. The molecule has 0 saturated heterocycles. The minimum atomic E-state index is -4.25. The summed E-state index contributed by atoms with van der Waals surface area (Å²) < 4.78 is 33.8. The summed E-state index contributed by atoms with van der Waals surface area (Å²) in [4.78, 5) is 25.2. The summed E-state index contributed by atoms with van der Waals surface area (Å²) in [5.74, 6) is -0.701. The van der Waals surface area contributed by atoms with E-state index < -0.39 is 22.0 Å². The van der Waals surface area contributed by atoms with Crippen molar-refractivity contribution in [1.29, 1.82) is 5.26 Å². The third kappa shape index (κ3) is 7.25. The number of nitriles is 1. The third-order valence-corrected chi connectivity index (χ3v) is 7.28. The van der Waals surface area contributed by atoms with Crippen LogP contribution in [-0.2, 0) is 32.4 Å². The molecule has 0 saturated carbocycles. The number of esters is 1. The molecule has 2 N–H and O–H groups in total. The quantitative estimate of drug-likeness (QED) is 0.207. The molecule has 0 fully saturated rings. The lowest BCUT2D eigenvalue weighted by Gasteiger charge is -2.11. The van der Waals surface area contributed by atoms with E-state index in [1.54, 1.807) is 30.3 Å². The van der Waals surface area contributed by atoms with Gasteiger partial charge in [-0.2, -0.15) is 10.4 Å². The molecule has 12 heteroatoms. The Hall–Kier alpha value is -4.66. The van der Waals surface area contributed by atoms with E-state index >= 15 is 0 Å². The molecule has 0 aliphatic rings. The van der Waals surface area contributed by atoms with Gasteiger partial charge < -0.3 is 4.74 Å². The molecule has 3 aromatic carbocycles. The molecule has 204 valence electrons. The van der Waals surface area contributed by atoms with Crippen molar-refractivity contribution in [3.05, 3.63) is 107 Å². The molecule has 1 aromatic heterocycles. The van der Waals surface area contributed by atoms with Crippen LogP contribution in [0.1, 0.15) is 23.2 Å². The largest absolute Gasteiger partial charge is 0.465 e. The molecule has 0 bridgehead atoms. The predicted molar refractivity (Wildman–Crippen MR) is 148 cm³/mol. The number of rotatable bonds is 10. The van der Waals surface area contributed by atoms with Crippen molar-refractivity contribution in [3.8, 4) is 11.8 Å². The first kappa shape index (κ1) is 28.4. The lowest BCUT2D eigenvalue weighted by Crippen LogP contribution is -2.35. The highest BCUT2D eigenvalue weighted by atomic mass is 35.5. The second kappa shape index (κ2) is 12.9. The van der Waals surface area contributed by atoms with Crippen LogP contribution >= 0.6 is 11.6 Å². The summed E-state index contributed by atoms with van der Waals surface area (Å²) in [7, 11) is -4.25. The molecule has 0 spiro atoms. The van der Waals surface area contributed by atoms with Gasteiger partial charge in [0.2, 0.25) is 0 Å². The molecule has 0 radical (unpaired) electrons. The van der Waals surface area contributed by atoms with E-state index in [2.05, 4.69) is 10.4 Å². The molecule has 4 aromatic rings. The Morgan fingerprint density at radius 3 is 2.27 bits per heavy atom. The van der Waals surface area contributed by atoms with Crippen LogP contribution in [0.25, 0.3) is 5.69 Å². The van der Waals surface area contributed by atoms with Crippen LogP contribution in [0.4, 0.5) is 10.6 Å². The zero-order valence-corrected chi connectivity index (χ0v) is 22.7. The Morgan fingerprint density at radius 2 is 1.62 bits per heavy atom. The Balaban J connectivity index is 1.51. The molecular formula is C28H24ClN5O5S. The molecule has 0 aliphatic carbocycles. The smallest absolute Gasteiger partial charge is 0.334 e. The molecule has 40 heavy (non-hydrogen) atoms. The van der Waals surface area contributed by atoms with Crippen molar-refractivity contribution in [3.63, 3.8) is 0 Å². The van der Waals surface area contributed by atoms with E-state index in [-0.39, 0.29) is 35.0 Å². The average Bonchev–Trinajstić information content (AvgIpc) is 3.28. The topological polar surface area (TPSA) is 143 Å². The Bertz CT molecular complexity index is 1630. The number of anilines is 1. The summed E-state index contributed by atoms with van der Waals surface area (Å²) >= 11 is 5.82. The minimum Gasteiger partial charge on any atom is -0.465 e. The Morgan fingerprint density at radius 1 is 0.975 bits per heavy atom. The molecule has 4 rings (SSSR count). The molecule has 2 amide bonds. The van der Waals surface area contributed by atoms with Gasteiger partial charge >= 0.3 is 12.0 Å². The molecular weight excluding hydrogens is 554 g/mol. The molecule has 0 atom stereocenters. The fourth-order valence-corrected chi connectivity index (χ4v) is 4.83. The number of aryl methyl sites for hydroxylation is 1. The predicted octanol–water partition coefficient (Wildman–Crippen LogP) is 4.63. The SMILES string of the molecule is N#Cc1c(CC(=O)OCCCc2ccccc2)nn(-c2ccccc2)c1NC(=O)NS(=O)(=O)c1ccc(Cl)cc1. The van der Waals surface area contributed by atoms with Gasteiger partial charge in [0.05, 0.1) is 29.3 Å². The zero-order chi connectivity index (χ0) is 28.5. The summed E-state index contributed by atoms with van der Waals surface area (Å²) in [6, 6.07) is 24.4. The second-order valence-electron chi connectivity index (χ2n) is 8.53. The molecule has 1 heterocycles. The van der Waals surface area contributed by atoms with Gasteiger partial charge in [-0.25, -0.2) is 22.6 Å². The summed E-state index contributed by atoms with van der Waals surface area (Å²) in [6.45, 7) is 0.186. The van der Waals surface area contributed by atoms with E-state index in [1.165, 1.54) is 28.9 Å². The summed E-state index contributed by atoms with van der Waals surface area (Å²) in [6.07, 6.45) is 1.03. The highest BCUT2D eigenvalue weighted by molar-refractivity contribution is 7.90. The number of nitrogens with one attached hydrogen (secondary N) is 2. The van der Waals surface area contributed by atoms with E-state index in [0.717, 1.165) is 12.0 Å². The number of hydrogen-bond donors (Lipinski definition) is 2. The van der Waals surface area contributed by atoms with Crippen molar-refractivity contribution in [2.45, 2.75) is 24.2 Å². The maximum absolute atomic E-state index is 12.8. The number of sulfonamides is 1. The number of urea groups is 1. The van der Waals surface area contributed by atoms with Gasteiger partial charge in [0.1, 0.15) is 11.6 Å². The average molecular weight is 578 g/mol. The summed E-state index contributed by atoms with van der Waals surface area (Å²) in [5.41, 5.74) is 1.55. The fraction of sp³-hybridized carbons (Fsp3) is 0.143. The number of nitrogens with zero attached hydrogens (tertiary/aromatic N) is 3. The highest BCUT2D eigenvalue weighted by Gasteiger charge is 2.25. The van der Waals surface area contributed by atoms with E-state index in [0.29, 0.717) is 17.1 Å². The summed E-state index contributed by atoms with van der Waals surface area (Å²) in [5, 5.41) is 17.0. The van der Waals surface area contributed by atoms with Gasteiger partial charge in [-0.05, 0) is 54.8 Å². The van der Waals surface area contributed by atoms with Crippen LogP contribution in [0.3, 0.4) is 0 Å². The van der Waals surface area contributed by atoms with Crippen LogP contribution < -0.4 is 10.0 Å². The van der Waals surface area contributed by atoms with E-state index in [9.17, 15) is 23.3 Å². The van der Waals surface area contributed by atoms with Crippen molar-refractivity contribution in [1.82, 2.24) is 14.5 Å². The van der Waals surface area contributed by atoms with E-state index in [1.807, 2.05) is 41.1 Å². The van der Waals surface area contributed by atoms with Crippen LogP contribution in [-0.4, -0.2) is 36.8 Å². The number of carbonyl (C=O) groups is 2. The highest BCUT2D eigenvalue weighted by Crippen LogP contribution is 2.24. The van der Waals surface area contributed by atoms with Crippen LogP contribution in [0.15, 0.2) is 89.8 Å². The maximum atomic E-state index is 12.8. The fourth-order valence-electron chi connectivity index (χ4n) is 3.80. The van der Waals surface area contributed by atoms with Gasteiger partial charge in [-0.3, -0.25) is 10.1 Å². The lowest BCUT2D eigenvalue weighted by atomic mass is 10.1.